The molecule has 0 amide bonds. The van der Waals surface area contributed by atoms with Gasteiger partial charge in [-0.05, 0) is 19.1 Å². The van der Waals surface area contributed by atoms with Crippen LogP contribution in [0.2, 0.25) is 0 Å². The highest BCUT2D eigenvalue weighted by Gasteiger charge is 2.16. The summed E-state index contributed by atoms with van der Waals surface area (Å²) in [7, 11) is -3.85. The third-order valence-corrected chi connectivity index (χ3v) is 3.55. The lowest BCUT2D eigenvalue weighted by Crippen LogP contribution is -2.15. The lowest BCUT2D eigenvalue weighted by molar-refractivity contribution is 0.599. The number of halogens is 1. The van der Waals surface area contributed by atoms with Gasteiger partial charge in [0.1, 0.15) is 16.5 Å². The van der Waals surface area contributed by atoms with Gasteiger partial charge in [-0.15, -0.1) is 0 Å². The zero-order valence-electron chi connectivity index (χ0n) is 10.5. The van der Waals surface area contributed by atoms with Gasteiger partial charge in [0.15, 0.2) is 0 Å². The summed E-state index contributed by atoms with van der Waals surface area (Å²) in [5.41, 5.74) is 0. The van der Waals surface area contributed by atoms with Gasteiger partial charge in [-0.3, -0.25) is 4.72 Å². The first kappa shape index (κ1) is 14.1. The Morgan fingerprint density at radius 3 is 2.40 bits per heavy atom. The number of nitrogens with zero attached hydrogens (tertiary/aromatic N) is 3. The van der Waals surface area contributed by atoms with Crippen LogP contribution in [0.5, 0.6) is 0 Å². The molecule has 0 saturated heterocycles. The fourth-order valence-electron chi connectivity index (χ4n) is 1.34. The minimum absolute atomic E-state index is 0.0159. The normalized spacial score (nSPS) is 11.1. The van der Waals surface area contributed by atoms with Crippen LogP contribution in [0.4, 0.5) is 16.2 Å². The van der Waals surface area contributed by atoms with Gasteiger partial charge in [0.05, 0.1) is 18.6 Å². The van der Waals surface area contributed by atoms with E-state index in [1.54, 1.807) is 0 Å². The average Bonchev–Trinajstić information content (AvgIpc) is 2.42. The second-order valence-electron chi connectivity index (χ2n) is 3.74. The van der Waals surface area contributed by atoms with Crippen molar-refractivity contribution in [1.82, 2.24) is 15.0 Å². The van der Waals surface area contributed by atoms with E-state index in [2.05, 4.69) is 25.0 Å². The Balaban J connectivity index is 2.19. The molecule has 0 fully saturated rings. The lowest BCUT2D eigenvalue weighted by atomic mass is 10.5. The third kappa shape index (κ3) is 3.38. The molecule has 9 heteroatoms. The van der Waals surface area contributed by atoms with Gasteiger partial charge in [-0.1, -0.05) is 0 Å². The van der Waals surface area contributed by atoms with Gasteiger partial charge in [0.2, 0.25) is 5.95 Å². The van der Waals surface area contributed by atoms with Crippen LogP contribution in [-0.2, 0) is 10.0 Å². The number of rotatable bonds is 5. The van der Waals surface area contributed by atoms with Crippen molar-refractivity contribution in [2.24, 2.45) is 0 Å². The van der Waals surface area contributed by atoms with E-state index in [9.17, 15) is 12.8 Å². The monoisotopic (exact) mass is 297 g/mol. The van der Waals surface area contributed by atoms with Gasteiger partial charge in [0.25, 0.3) is 10.0 Å². The van der Waals surface area contributed by atoms with Crippen molar-refractivity contribution in [2.75, 3.05) is 16.6 Å². The summed E-state index contributed by atoms with van der Waals surface area (Å²) in [4.78, 5) is 11.2. The summed E-state index contributed by atoms with van der Waals surface area (Å²) in [5.74, 6) is -0.195. The molecule has 0 unspecified atom stereocenters. The van der Waals surface area contributed by atoms with Crippen LogP contribution in [0.25, 0.3) is 0 Å². The fraction of sp³-hybridized carbons (Fsp3) is 0.182. The first-order valence-electron chi connectivity index (χ1n) is 5.71. The molecular formula is C11H12FN5O2S. The quantitative estimate of drug-likeness (QED) is 0.862. The van der Waals surface area contributed by atoms with Crippen molar-refractivity contribution in [2.45, 2.75) is 11.8 Å². The number of aromatic nitrogens is 3. The van der Waals surface area contributed by atoms with Crippen LogP contribution in [-0.4, -0.2) is 29.9 Å². The highest BCUT2D eigenvalue weighted by molar-refractivity contribution is 7.92. The number of sulfonamides is 1. The van der Waals surface area contributed by atoms with Crippen molar-refractivity contribution >= 4 is 21.8 Å². The molecule has 0 spiro atoms. The maximum absolute atomic E-state index is 12.7. The van der Waals surface area contributed by atoms with Crippen molar-refractivity contribution in [3.63, 3.8) is 0 Å². The molecule has 2 aromatic rings. The van der Waals surface area contributed by atoms with E-state index >= 15 is 0 Å². The first-order valence-corrected chi connectivity index (χ1v) is 7.20. The third-order valence-electron chi connectivity index (χ3n) is 2.24. The Morgan fingerprint density at radius 2 is 1.85 bits per heavy atom. The summed E-state index contributed by atoms with van der Waals surface area (Å²) in [6.07, 6.45) is 3.27. The maximum atomic E-state index is 12.7. The molecule has 0 saturated carbocycles. The van der Waals surface area contributed by atoms with Gasteiger partial charge in [-0.25, -0.2) is 27.8 Å². The SMILES string of the molecule is CCNc1ncc(S(=O)(=O)Nc2ccc(F)cn2)cn1. The molecule has 2 N–H and O–H groups in total. The van der Waals surface area contributed by atoms with Crippen LogP contribution in [0, 0.1) is 5.82 Å². The summed E-state index contributed by atoms with van der Waals surface area (Å²) in [5, 5.41) is 2.85. The Labute approximate surface area is 115 Å². The zero-order valence-corrected chi connectivity index (χ0v) is 11.4. The summed E-state index contributed by atoms with van der Waals surface area (Å²) in [6.45, 7) is 2.50. The van der Waals surface area contributed by atoms with Gasteiger partial charge >= 0.3 is 0 Å². The molecule has 0 aliphatic rings. The molecule has 0 aliphatic heterocycles. The van der Waals surface area contributed by atoms with Gasteiger partial charge in [0, 0.05) is 6.54 Å². The Bertz CT molecular complexity index is 673. The molecule has 0 atom stereocenters. The predicted octanol–water partition coefficient (Wildman–Crippen LogP) is 1.24. The lowest BCUT2D eigenvalue weighted by Gasteiger charge is -2.07. The van der Waals surface area contributed by atoms with E-state index in [-0.39, 0.29) is 10.7 Å². The summed E-state index contributed by atoms with van der Waals surface area (Å²) < 4.78 is 38.9. The summed E-state index contributed by atoms with van der Waals surface area (Å²) >= 11 is 0. The number of nitrogens with one attached hydrogen (secondary N) is 2. The van der Waals surface area contributed by atoms with Crippen LogP contribution < -0.4 is 10.0 Å². The molecule has 0 aromatic carbocycles. The van der Waals surface area contributed by atoms with E-state index in [4.69, 9.17) is 0 Å². The maximum Gasteiger partial charge on any atom is 0.266 e. The van der Waals surface area contributed by atoms with E-state index in [1.807, 2.05) is 6.92 Å². The second-order valence-corrected chi connectivity index (χ2v) is 5.42. The van der Waals surface area contributed by atoms with Crippen LogP contribution in [0.3, 0.4) is 0 Å². The Hall–Kier alpha value is -2.29. The van der Waals surface area contributed by atoms with Crippen molar-refractivity contribution in [1.29, 1.82) is 0 Å². The van der Waals surface area contributed by atoms with Crippen LogP contribution >= 0.6 is 0 Å². The molecule has 0 aliphatic carbocycles. The highest BCUT2D eigenvalue weighted by Crippen LogP contribution is 2.13. The van der Waals surface area contributed by atoms with Gasteiger partial charge < -0.3 is 5.32 Å². The van der Waals surface area contributed by atoms with Crippen molar-refractivity contribution in [3.8, 4) is 0 Å². The smallest absolute Gasteiger partial charge is 0.266 e. The van der Waals surface area contributed by atoms with Crippen LogP contribution in [0.15, 0.2) is 35.6 Å². The van der Waals surface area contributed by atoms with E-state index in [0.717, 1.165) is 12.3 Å². The molecule has 2 rings (SSSR count). The predicted molar refractivity (Wildman–Crippen MR) is 71.2 cm³/mol. The minimum Gasteiger partial charge on any atom is -0.355 e. The molecule has 7 nitrogen and oxygen atoms in total. The van der Waals surface area contributed by atoms with Crippen LogP contribution in [0.1, 0.15) is 6.92 Å². The Morgan fingerprint density at radius 1 is 1.15 bits per heavy atom. The first-order chi connectivity index (χ1) is 9.51. The molecule has 0 bridgehead atoms. The number of hydrogen-bond acceptors (Lipinski definition) is 6. The highest BCUT2D eigenvalue weighted by atomic mass is 32.2. The molecule has 2 aromatic heterocycles. The van der Waals surface area contributed by atoms with Gasteiger partial charge in [-0.2, -0.15) is 0 Å². The molecule has 20 heavy (non-hydrogen) atoms. The van der Waals surface area contributed by atoms with E-state index in [0.29, 0.717) is 12.5 Å². The summed E-state index contributed by atoms with van der Waals surface area (Å²) in [6, 6.07) is 2.33. The minimum atomic E-state index is -3.85. The molecule has 106 valence electrons. The van der Waals surface area contributed by atoms with Crippen molar-refractivity contribution < 1.29 is 12.8 Å². The zero-order chi connectivity index (χ0) is 14.6. The number of hydrogen-bond donors (Lipinski definition) is 2. The number of anilines is 2. The molecular weight excluding hydrogens is 285 g/mol. The second kappa shape index (κ2) is 5.78. The average molecular weight is 297 g/mol. The number of pyridine rings is 1. The van der Waals surface area contributed by atoms with Crippen molar-refractivity contribution in [3.05, 3.63) is 36.5 Å². The van der Waals surface area contributed by atoms with E-state index < -0.39 is 15.8 Å². The largest absolute Gasteiger partial charge is 0.355 e. The fourth-order valence-corrected chi connectivity index (χ4v) is 2.23. The molecule has 2 heterocycles. The van der Waals surface area contributed by atoms with E-state index in [1.165, 1.54) is 18.5 Å². The molecule has 0 radical (unpaired) electrons. The standard InChI is InChI=1S/C11H12FN5O2S/c1-2-13-11-15-6-9(7-16-11)20(18,19)17-10-4-3-8(12)5-14-10/h3-7H,2H2,1H3,(H,14,17)(H,13,15,16). The Kier molecular flexibility index (Phi) is 4.08. The topological polar surface area (TPSA) is 96.9 Å².